The van der Waals surface area contributed by atoms with Crippen LogP contribution in [0.25, 0.3) is 10.9 Å². The molecular weight excluding hydrogens is 520 g/mol. The highest BCUT2D eigenvalue weighted by molar-refractivity contribution is 9.10. The summed E-state index contributed by atoms with van der Waals surface area (Å²) in [7, 11) is 0. The Labute approximate surface area is 211 Å². The van der Waals surface area contributed by atoms with Gasteiger partial charge in [0.1, 0.15) is 22.7 Å². The number of anilines is 3. The van der Waals surface area contributed by atoms with Crippen molar-refractivity contribution in [2.45, 2.75) is 18.9 Å². The van der Waals surface area contributed by atoms with Crippen molar-refractivity contribution >= 4 is 56.7 Å². The van der Waals surface area contributed by atoms with Crippen LogP contribution in [0.1, 0.15) is 12.8 Å². The lowest BCUT2D eigenvalue weighted by molar-refractivity contribution is 0.483. The van der Waals surface area contributed by atoms with Crippen LogP contribution in [0.15, 0.2) is 70.1 Å². The van der Waals surface area contributed by atoms with Gasteiger partial charge in [0.05, 0.1) is 9.99 Å². The summed E-state index contributed by atoms with van der Waals surface area (Å²) in [5, 5.41) is 3.69. The minimum absolute atomic E-state index is 0. The third-order valence-corrected chi connectivity index (χ3v) is 6.20. The summed E-state index contributed by atoms with van der Waals surface area (Å²) in [6, 6.07) is 17.3. The molecule has 8 nitrogen and oxygen atoms in total. The Morgan fingerprint density at radius 1 is 1.03 bits per heavy atom. The van der Waals surface area contributed by atoms with Gasteiger partial charge in [0.2, 0.25) is 5.95 Å². The van der Waals surface area contributed by atoms with Crippen molar-refractivity contribution in [2.24, 2.45) is 5.73 Å². The molecule has 3 heterocycles. The number of hydrogen-bond donors (Lipinski definition) is 3. The summed E-state index contributed by atoms with van der Waals surface area (Å²) in [6.07, 6.45) is 3.36. The first kappa shape index (κ1) is 24.0. The van der Waals surface area contributed by atoms with Crippen LogP contribution in [0.3, 0.4) is 0 Å². The second kappa shape index (κ2) is 10.4. The summed E-state index contributed by atoms with van der Waals surface area (Å²) in [6.45, 7) is 1.55. The molecule has 1 aliphatic heterocycles. The predicted molar refractivity (Wildman–Crippen MR) is 141 cm³/mol. The van der Waals surface area contributed by atoms with E-state index in [-0.39, 0.29) is 24.0 Å². The number of piperidine rings is 1. The highest BCUT2D eigenvalue weighted by Crippen LogP contribution is 2.30. The Morgan fingerprint density at radius 2 is 1.71 bits per heavy atom. The van der Waals surface area contributed by atoms with Gasteiger partial charge in [-0.25, -0.2) is 4.98 Å². The third-order valence-electron chi connectivity index (χ3n) is 5.60. The molecule has 2 aromatic heterocycles. The van der Waals surface area contributed by atoms with Crippen LogP contribution in [-0.4, -0.2) is 34.1 Å². The number of aromatic nitrogens is 3. The number of rotatable bonds is 5. The molecule has 4 N–H and O–H groups in total. The molecule has 0 aliphatic carbocycles. The number of halogens is 2. The zero-order valence-electron chi connectivity index (χ0n) is 18.2. The van der Waals surface area contributed by atoms with Crippen LogP contribution in [0, 0.1) is 0 Å². The van der Waals surface area contributed by atoms with E-state index in [0.717, 1.165) is 37.4 Å². The molecule has 34 heavy (non-hydrogen) atoms. The first-order valence-corrected chi connectivity index (χ1v) is 11.6. The Morgan fingerprint density at radius 3 is 2.41 bits per heavy atom. The first-order chi connectivity index (χ1) is 16.1. The van der Waals surface area contributed by atoms with Crippen LogP contribution in [0.5, 0.6) is 11.5 Å². The van der Waals surface area contributed by atoms with E-state index in [1.54, 1.807) is 6.20 Å². The first-order valence-electron chi connectivity index (χ1n) is 10.8. The third kappa shape index (κ3) is 5.16. The predicted octanol–water partition coefficient (Wildman–Crippen LogP) is 4.97. The number of fused-ring (bicyclic) bond motifs is 1. The van der Waals surface area contributed by atoms with Gasteiger partial charge in [0.15, 0.2) is 0 Å². The molecule has 1 aliphatic rings. The Hall–Kier alpha value is -3.14. The Bertz CT molecular complexity index is 1330. The summed E-state index contributed by atoms with van der Waals surface area (Å²) in [5.74, 6) is 2.50. The van der Waals surface area contributed by atoms with Crippen LogP contribution in [0.2, 0.25) is 0 Å². The fourth-order valence-electron chi connectivity index (χ4n) is 3.81. The fourth-order valence-corrected chi connectivity index (χ4v) is 4.21. The van der Waals surface area contributed by atoms with Crippen molar-refractivity contribution in [2.75, 3.05) is 23.3 Å². The lowest BCUT2D eigenvalue weighted by Gasteiger charge is -2.30. The van der Waals surface area contributed by atoms with Crippen LogP contribution in [0.4, 0.5) is 17.5 Å². The number of pyridine rings is 1. The number of nitrogens with one attached hydrogen (secondary N) is 2. The van der Waals surface area contributed by atoms with E-state index >= 15 is 0 Å². The van der Waals surface area contributed by atoms with Gasteiger partial charge >= 0.3 is 0 Å². The highest BCUT2D eigenvalue weighted by atomic mass is 79.9. The number of ether oxygens (including phenoxy) is 1. The van der Waals surface area contributed by atoms with E-state index in [1.165, 1.54) is 0 Å². The zero-order valence-corrected chi connectivity index (χ0v) is 20.6. The molecule has 10 heteroatoms. The topological polar surface area (TPSA) is 109 Å². The number of H-pyrrole nitrogens is 1. The molecule has 0 amide bonds. The normalized spacial score (nSPS) is 14.0. The average Bonchev–Trinajstić information content (AvgIpc) is 2.84. The van der Waals surface area contributed by atoms with Crippen LogP contribution in [-0.2, 0) is 0 Å². The maximum Gasteiger partial charge on any atom is 0.261 e. The second-order valence-corrected chi connectivity index (χ2v) is 8.80. The van der Waals surface area contributed by atoms with Gasteiger partial charge in [-0.05, 0) is 65.2 Å². The van der Waals surface area contributed by atoms with E-state index in [0.29, 0.717) is 32.9 Å². The Kier molecular flexibility index (Phi) is 7.35. The molecular formula is C24H24BrClN6O2. The maximum absolute atomic E-state index is 12.7. The van der Waals surface area contributed by atoms with Gasteiger partial charge in [-0.15, -0.1) is 12.4 Å². The smallest absolute Gasteiger partial charge is 0.261 e. The molecule has 0 spiro atoms. The molecule has 2 aromatic carbocycles. The van der Waals surface area contributed by atoms with Gasteiger partial charge in [-0.1, -0.05) is 18.2 Å². The second-order valence-electron chi connectivity index (χ2n) is 7.95. The molecule has 0 bridgehead atoms. The fraction of sp³-hybridized carbons (Fsp3) is 0.208. The van der Waals surface area contributed by atoms with Crippen molar-refractivity contribution in [3.8, 4) is 11.5 Å². The summed E-state index contributed by atoms with van der Waals surface area (Å²) >= 11 is 3.52. The van der Waals surface area contributed by atoms with E-state index in [4.69, 9.17) is 20.4 Å². The zero-order chi connectivity index (χ0) is 22.8. The van der Waals surface area contributed by atoms with E-state index in [9.17, 15) is 4.79 Å². The van der Waals surface area contributed by atoms with E-state index in [1.807, 2.05) is 54.6 Å². The molecule has 1 saturated heterocycles. The number of nitrogens with two attached hydrogens (primary N) is 1. The van der Waals surface area contributed by atoms with Crippen molar-refractivity contribution in [1.82, 2.24) is 15.0 Å². The number of hydrogen-bond acceptors (Lipinski definition) is 7. The number of benzene rings is 2. The highest BCUT2D eigenvalue weighted by Gasteiger charge is 2.21. The van der Waals surface area contributed by atoms with Crippen molar-refractivity contribution in [3.05, 3.63) is 75.6 Å². The standard InChI is InChI=1S/C24H23BrN6O2.ClH/c25-19-14-27-23(32)20-21(19)29-24(31-12-10-15(26)11-13-31)30-22(20)28-16-6-8-18(9-7-16)33-17-4-2-1-3-5-17;/h1-9,14-15H,10-13,26H2,(H,27,32)(H,28,29,30);1H. The number of para-hydroxylation sites is 1. The van der Waals surface area contributed by atoms with Gasteiger partial charge in [0, 0.05) is 31.0 Å². The van der Waals surface area contributed by atoms with Gasteiger partial charge in [0.25, 0.3) is 5.56 Å². The van der Waals surface area contributed by atoms with Crippen LogP contribution < -0.4 is 26.2 Å². The molecule has 0 unspecified atom stereocenters. The molecule has 0 atom stereocenters. The molecule has 176 valence electrons. The molecule has 4 aromatic rings. The summed E-state index contributed by atoms with van der Waals surface area (Å²) < 4.78 is 6.56. The maximum atomic E-state index is 12.7. The van der Waals surface area contributed by atoms with E-state index < -0.39 is 0 Å². The minimum atomic E-state index is -0.257. The average molecular weight is 544 g/mol. The van der Waals surface area contributed by atoms with Gasteiger partial charge in [-0.2, -0.15) is 4.98 Å². The SMILES string of the molecule is Cl.NC1CCN(c2nc(Nc3ccc(Oc4ccccc4)cc3)c3c(=O)[nH]cc(Br)c3n2)CC1. The molecule has 5 rings (SSSR count). The minimum Gasteiger partial charge on any atom is -0.457 e. The lowest BCUT2D eigenvalue weighted by atomic mass is 10.1. The van der Waals surface area contributed by atoms with Crippen molar-refractivity contribution in [3.63, 3.8) is 0 Å². The van der Waals surface area contributed by atoms with Crippen LogP contribution >= 0.6 is 28.3 Å². The van der Waals surface area contributed by atoms with Gasteiger partial charge in [-0.3, -0.25) is 4.79 Å². The monoisotopic (exact) mass is 542 g/mol. The van der Waals surface area contributed by atoms with E-state index in [2.05, 4.69) is 31.1 Å². The molecule has 0 radical (unpaired) electrons. The largest absolute Gasteiger partial charge is 0.457 e. The summed E-state index contributed by atoms with van der Waals surface area (Å²) in [5.41, 5.74) is 7.14. The Balaban J connectivity index is 0.00000274. The van der Waals surface area contributed by atoms with Gasteiger partial charge < -0.3 is 25.7 Å². The quantitative estimate of drug-likeness (QED) is 0.326. The lowest BCUT2D eigenvalue weighted by Crippen LogP contribution is -2.40. The van der Waals surface area contributed by atoms with Crippen molar-refractivity contribution < 1.29 is 4.74 Å². The van der Waals surface area contributed by atoms with Crippen molar-refractivity contribution in [1.29, 1.82) is 0 Å². The molecule has 1 fully saturated rings. The number of aromatic amines is 1. The molecule has 0 saturated carbocycles. The summed E-state index contributed by atoms with van der Waals surface area (Å²) in [4.78, 5) is 27.0. The number of nitrogens with zero attached hydrogens (tertiary/aromatic N) is 3.